The summed E-state index contributed by atoms with van der Waals surface area (Å²) in [6.45, 7) is 8.20. The van der Waals surface area contributed by atoms with Gasteiger partial charge in [-0.1, -0.05) is 20.8 Å². The molecule has 0 aliphatic rings. The number of nitrogens with zero attached hydrogens (tertiary/aromatic N) is 3. The summed E-state index contributed by atoms with van der Waals surface area (Å²) in [4.78, 5) is 21.9. The minimum absolute atomic E-state index is 0.130. The first kappa shape index (κ1) is 15.2. The van der Waals surface area contributed by atoms with Gasteiger partial charge in [0, 0.05) is 25.1 Å². The third-order valence-corrected chi connectivity index (χ3v) is 2.78. The van der Waals surface area contributed by atoms with Crippen molar-refractivity contribution in [2.45, 2.75) is 33.1 Å². The van der Waals surface area contributed by atoms with Gasteiger partial charge in [0.15, 0.2) is 0 Å². The smallest absolute Gasteiger partial charge is 0.236 e. The quantitative estimate of drug-likeness (QED) is 0.850. The molecule has 0 aliphatic heterocycles. The molecule has 0 unspecified atom stereocenters. The highest BCUT2D eigenvalue weighted by atomic mass is 16.1. The summed E-state index contributed by atoms with van der Waals surface area (Å²) in [6, 6.07) is 0. The summed E-state index contributed by atoms with van der Waals surface area (Å²) in [5.74, 6) is 1.84. The second-order valence-electron chi connectivity index (χ2n) is 5.67. The number of likely N-dealkylation sites (N-methyl/N-ethyl adjacent to an activating group) is 1. The number of hydrogen-bond acceptors (Lipinski definition) is 5. The summed E-state index contributed by atoms with van der Waals surface area (Å²) in [6.07, 6.45) is 0. The molecule has 1 rings (SSSR count). The van der Waals surface area contributed by atoms with E-state index in [0.29, 0.717) is 0 Å². The third kappa shape index (κ3) is 3.56. The van der Waals surface area contributed by atoms with E-state index in [2.05, 4.69) is 36.1 Å². The van der Waals surface area contributed by atoms with Crippen LogP contribution in [0.5, 0.6) is 0 Å². The molecule has 0 spiro atoms. The average Bonchev–Trinajstić information content (AvgIpc) is 2.26. The minimum atomic E-state index is -0.385. The van der Waals surface area contributed by atoms with E-state index in [9.17, 15) is 4.79 Å². The van der Waals surface area contributed by atoms with E-state index < -0.39 is 0 Å². The number of carbonyl (C=O) groups is 1. The van der Waals surface area contributed by atoms with E-state index >= 15 is 0 Å². The molecule has 19 heavy (non-hydrogen) atoms. The van der Waals surface area contributed by atoms with Gasteiger partial charge in [-0.15, -0.1) is 0 Å². The molecule has 0 aromatic carbocycles. The van der Waals surface area contributed by atoms with Gasteiger partial charge in [0.2, 0.25) is 5.91 Å². The molecular formula is C13H23N5O. The Hall–Kier alpha value is -1.85. The number of primary amides is 1. The Morgan fingerprint density at radius 3 is 2.37 bits per heavy atom. The first-order valence-electron chi connectivity index (χ1n) is 6.23. The average molecular weight is 265 g/mol. The number of anilines is 2. The van der Waals surface area contributed by atoms with Crippen molar-refractivity contribution in [3.8, 4) is 0 Å². The molecule has 0 aliphatic carbocycles. The van der Waals surface area contributed by atoms with E-state index in [4.69, 9.17) is 5.73 Å². The van der Waals surface area contributed by atoms with E-state index in [0.717, 1.165) is 23.0 Å². The van der Waals surface area contributed by atoms with Crippen molar-refractivity contribution in [2.75, 3.05) is 30.9 Å². The molecule has 0 radical (unpaired) electrons. The fourth-order valence-electron chi connectivity index (χ4n) is 1.76. The first-order chi connectivity index (χ1) is 8.66. The number of carbonyl (C=O) groups excluding carboxylic acids is 1. The zero-order chi connectivity index (χ0) is 14.8. The zero-order valence-electron chi connectivity index (χ0n) is 12.5. The molecule has 6 heteroatoms. The SMILES string of the molecule is CNc1nc(C(C)(C)C)nc(N(C)CC(N)=O)c1C. The Bertz CT molecular complexity index is 479. The van der Waals surface area contributed by atoms with Gasteiger partial charge in [0.25, 0.3) is 0 Å². The summed E-state index contributed by atoms with van der Waals surface area (Å²) in [5.41, 5.74) is 5.97. The van der Waals surface area contributed by atoms with Gasteiger partial charge < -0.3 is 16.0 Å². The predicted molar refractivity (Wildman–Crippen MR) is 77.5 cm³/mol. The lowest BCUT2D eigenvalue weighted by atomic mass is 9.95. The summed E-state index contributed by atoms with van der Waals surface area (Å²) >= 11 is 0. The highest BCUT2D eigenvalue weighted by Gasteiger charge is 2.22. The second kappa shape index (κ2) is 5.42. The van der Waals surface area contributed by atoms with E-state index in [-0.39, 0.29) is 17.9 Å². The molecule has 0 saturated heterocycles. The summed E-state index contributed by atoms with van der Waals surface area (Å²) < 4.78 is 0. The van der Waals surface area contributed by atoms with Crippen molar-refractivity contribution in [3.05, 3.63) is 11.4 Å². The standard InChI is InChI=1S/C13H23N5O/c1-8-10(15-5)16-12(13(2,3)4)17-11(8)18(6)7-9(14)19/h7H2,1-6H3,(H2,14,19)(H,15,16,17). The van der Waals surface area contributed by atoms with Crippen LogP contribution in [0.25, 0.3) is 0 Å². The maximum absolute atomic E-state index is 11.1. The second-order valence-corrected chi connectivity index (χ2v) is 5.67. The molecule has 3 N–H and O–H groups in total. The Morgan fingerprint density at radius 2 is 1.95 bits per heavy atom. The van der Waals surface area contributed by atoms with Crippen LogP contribution in [0.15, 0.2) is 0 Å². The molecule has 0 atom stereocenters. The van der Waals surface area contributed by atoms with Crippen LogP contribution in [0, 0.1) is 6.92 Å². The number of nitrogens with one attached hydrogen (secondary N) is 1. The van der Waals surface area contributed by atoms with Crippen LogP contribution in [-0.2, 0) is 10.2 Å². The van der Waals surface area contributed by atoms with E-state index in [1.165, 1.54) is 0 Å². The monoisotopic (exact) mass is 265 g/mol. The van der Waals surface area contributed by atoms with Crippen LogP contribution in [0.3, 0.4) is 0 Å². The molecule has 0 bridgehead atoms. The van der Waals surface area contributed by atoms with Crippen molar-refractivity contribution in [1.29, 1.82) is 0 Å². The van der Waals surface area contributed by atoms with Crippen molar-refractivity contribution >= 4 is 17.5 Å². The Kier molecular flexibility index (Phi) is 4.34. The van der Waals surface area contributed by atoms with Crippen LogP contribution in [0.4, 0.5) is 11.6 Å². The van der Waals surface area contributed by atoms with Gasteiger partial charge in [0.05, 0.1) is 6.54 Å². The van der Waals surface area contributed by atoms with Crippen molar-refractivity contribution in [2.24, 2.45) is 5.73 Å². The molecule has 1 heterocycles. The van der Waals surface area contributed by atoms with E-state index in [1.54, 1.807) is 11.9 Å². The van der Waals surface area contributed by atoms with Crippen LogP contribution in [0.1, 0.15) is 32.2 Å². The maximum atomic E-state index is 11.1. The molecule has 1 aromatic heterocycles. The van der Waals surface area contributed by atoms with Gasteiger partial charge in [-0.25, -0.2) is 9.97 Å². The van der Waals surface area contributed by atoms with Crippen molar-refractivity contribution < 1.29 is 4.79 Å². The van der Waals surface area contributed by atoms with Gasteiger partial charge in [-0.05, 0) is 6.92 Å². The van der Waals surface area contributed by atoms with Crippen LogP contribution in [-0.4, -0.2) is 36.5 Å². The summed E-state index contributed by atoms with van der Waals surface area (Å²) in [5, 5.41) is 3.06. The van der Waals surface area contributed by atoms with Crippen LogP contribution >= 0.6 is 0 Å². The topological polar surface area (TPSA) is 84.1 Å². The lowest BCUT2D eigenvalue weighted by molar-refractivity contribution is -0.116. The zero-order valence-corrected chi connectivity index (χ0v) is 12.5. The molecule has 1 aromatic rings. The maximum Gasteiger partial charge on any atom is 0.236 e. The highest BCUT2D eigenvalue weighted by Crippen LogP contribution is 2.27. The molecule has 1 amide bonds. The lowest BCUT2D eigenvalue weighted by Gasteiger charge is -2.24. The first-order valence-corrected chi connectivity index (χ1v) is 6.23. The highest BCUT2D eigenvalue weighted by molar-refractivity contribution is 5.79. The van der Waals surface area contributed by atoms with Crippen LogP contribution in [0.2, 0.25) is 0 Å². The molecule has 106 valence electrons. The molecule has 0 saturated carbocycles. The number of nitrogens with two attached hydrogens (primary N) is 1. The Morgan fingerprint density at radius 1 is 1.37 bits per heavy atom. The van der Waals surface area contributed by atoms with Gasteiger partial charge in [-0.3, -0.25) is 4.79 Å². The largest absolute Gasteiger partial charge is 0.373 e. The van der Waals surface area contributed by atoms with E-state index in [1.807, 2.05) is 14.0 Å². The fourth-order valence-corrected chi connectivity index (χ4v) is 1.76. The number of rotatable bonds is 4. The Balaban J connectivity index is 3.33. The number of hydrogen-bond donors (Lipinski definition) is 2. The summed E-state index contributed by atoms with van der Waals surface area (Å²) in [7, 11) is 3.62. The molecule has 6 nitrogen and oxygen atoms in total. The van der Waals surface area contributed by atoms with Gasteiger partial charge in [-0.2, -0.15) is 0 Å². The van der Waals surface area contributed by atoms with Crippen molar-refractivity contribution in [1.82, 2.24) is 9.97 Å². The Labute approximate surface area is 114 Å². The van der Waals surface area contributed by atoms with Gasteiger partial charge >= 0.3 is 0 Å². The van der Waals surface area contributed by atoms with Gasteiger partial charge in [0.1, 0.15) is 17.5 Å². The lowest BCUT2D eigenvalue weighted by Crippen LogP contribution is -2.32. The number of amides is 1. The third-order valence-electron chi connectivity index (χ3n) is 2.78. The number of aromatic nitrogens is 2. The predicted octanol–water partition coefficient (Wildman–Crippen LogP) is 1.05. The van der Waals surface area contributed by atoms with Crippen molar-refractivity contribution in [3.63, 3.8) is 0 Å². The fraction of sp³-hybridized carbons (Fsp3) is 0.615. The minimum Gasteiger partial charge on any atom is -0.373 e. The molecular weight excluding hydrogens is 242 g/mol. The molecule has 0 fully saturated rings. The normalized spacial score (nSPS) is 11.3. The van der Waals surface area contributed by atoms with Crippen LogP contribution < -0.4 is 16.0 Å².